The van der Waals surface area contributed by atoms with Crippen molar-refractivity contribution in [3.05, 3.63) is 52.5 Å². The molecule has 0 aliphatic heterocycles. The molecule has 134 valence electrons. The molecule has 2 aromatic carbocycles. The molecule has 0 radical (unpaired) electrons. The van der Waals surface area contributed by atoms with Crippen molar-refractivity contribution >= 4 is 23.3 Å². The number of halogens is 1. The summed E-state index contributed by atoms with van der Waals surface area (Å²) in [7, 11) is 0. The fourth-order valence-corrected chi connectivity index (χ4v) is 2.44. The van der Waals surface area contributed by atoms with Crippen molar-refractivity contribution in [1.82, 2.24) is 0 Å². The first-order valence-corrected chi connectivity index (χ1v) is 8.58. The fourth-order valence-electron chi connectivity index (χ4n) is 2.25. The van der Waals surface area contributed by atoms with Gasteiger partial charge in [0.05, 0.1) is 29.5 Å². The molecule has 25 heavy (non-hydrogen) atoms. The summed E-state index contributed by atoms with van der Waals surface area (Å²) in [5.74, 6) is 0.426. The third-order valence-corrected chi connectivity index (χ3v) is 3.80. The SMILES string of the molecule is CCCOc1ccc(CNc2cc(C(=O)O)ccc2Cl)cc1OCC. The Labute approximate surface area is 152 Å². The number of aromatic carboxylic acids is 1. The van der Waals surface area contributed by atoms with Gasteiger partial charge in [-0.1, -0.05) is 24.6 Å². The molecule has 0 aromatic heterocycles. The van der Waals surface area contributed by atoms with Gasteiger partial charge in [0.15, 0.2) is 11.5 Å². The maximum absolute atomic E-state index is 11.1. The minimum Gasteiger partial charge on any atom is -0.490 e. The van der Waals surface area contributed by atoms with Crippen molar-refractivity contribution in [3.8, 4) is 11.5 Å². The first-order valence-electron chi connectivity index (χ1n) is 8.20. The predicted octanol–water partition coefficient (Wildman–Crippen LogP) is 4.84. The molecule has 0 saturated heterocycles. The summed E-state index contributed by atoms with van der Waals surface area (Å²) in [4.78, 5) is 11.1. The second-order valence-electron chi connectivity index (χ2n) is 5.42. The second kappa shape index (κ2) is 9.18. The third kappa shape index (κ3) is 5.29. The third-order valence-electron chi connectivity index (χ3n) is 3.47. The quantitative estimate of drug-likeness (QED) is 0.667. The van der Waals surface area contributed by atoms with Gasteiger partial charge in [-0.05, 0) is 49.2 Å². The van der Waals surface area contributed by atoms with E-state index in [1.54, 1.807) is 6.07 Å². The lowest BCUT2D eigenvalue weighted by atomic mass is 10.1. The van der Waals surface area contributed by atoms with Crippen molar-refractivity contribution in [1.29, 1.82) is 0 Å². The van der Waals surface area contributed by atoms with Gasteiger partial charge < -0.3 is 19.9 Å². The van der Waals surface area contributed by atoms with E-state index in [0.29, 0.717) is 36.2 Å². The number of hydrogen-bond acceptors (Lipinski definition) is 4. The van der Waals surface area contributed by atoms with Crippen molar-refractivity contribution < 1.29 is 19.4 Å². The Bertz CT molecular complexity index is 733. The number of benzene rings is 2. The van der Waals surface area contributed by atoms with E-state index < -0.39 is 5.97 Å². The number of ether oxygens (including phenoxy) is 2. The predicted molar refractivity (Wildman–Crippen MR) is 99.1 cm³/mol. The minimum atomic E-state index is -0.990. The summed E-state index contributed by atoms with van der Waals surface area (Å²) in [6.07, 6.45) is 0.924. The van der Waals surface area contributed by atoms with Crippen LogP contribution >= 0.6 is 11.6 Å². The molecule has 0 heterocycles. The Morgan fingerprint density at radius 2 is 1.92 bits per heavy atom. The molecule has 0 saturated carbocycles. The van der Waals surface area contributed by atoms with Crippen LogP contribution < -0.4 is 14.8 Å². The summed E-state index contributed by atoms with van der Waals surface area (Å²) in [6, 6.07) is 10.3. The van der Waals surface area contributed by atoms with E-state index in [1.165, 1.54) is 12.1 Å². The molecule has 0 aliphatic carbocycles. The van der Waals surface area contributed by atoms with E-state index in [1.807, 2.05) is 32.0 Å². The largest absolute Gasteiger partial charge is 0.490 e. The smallest absolute Gasteiger partial charge is 0.335 e. The Balaban J connectivity index is 2.13. The van der Waals surface area contributed by atoms with Crippen LogP contribution in [0.1, 0.15) is 36.2 Å². The Morgan fingerprint density at radius 1 is 1.12 bits per heavy atom. The number of anilines is 1. The van der Waals surface area contributed by atoms with Crippen LogP contribution in [0.25, 0.3) is 0 Å². The standard InChI is InChI=1S/C19H22ClNO4/c1-3-9-25-17-8-5-13(10-18(17)24-4-2)12-21-16-11-14(19(22)23)6-7-15(16)20/h5-8,10-11,21H,3-4,9,12H2,1-2H3,(H,22,23). The van der Waals surface area contributed by atoms with Crippen molar-refractivity contribution in [2.45, 2.75) is 26.8 Å². The lowest BCUT2D eigenvalue weighted by molar-refractivity contribution is 0.0697. The van der Waals surface area contributed by atoms with Gasteiger partial charge in [0.25, 0.3) is 0 Å². The van der Waals surface area contributed by atoms with Gasteiger partial charge in [-0.15, -0.1) is 0 Å². The highest BCUT2D eigenvalue weighted by Crippen LogP contribution is 2.30. The van der Waals surface area contributed by atoms with E-state index in [-0.39, 0.29) is 5.56 Å². The van der Waals surface area contributed by atoms with Gasteiger partial charge in [-0.2, -0.15) is 0 Å². The number of rotatable bonds is 9. The highest BCUT2D eigenvalue weighted by molar-refractivity contribution is 6.33. The van der Waals surface area contributed by atoms with E-state index in [4.69, 9.17) is 26.2 Å². The summed E-state index contributed by atoms with van der Waals surface area (Å²) < 4.78 is 11.3. The second-order valence-corrected chi connectivity index (χ2v) is 5.82. The van der Waals surface area contributed by atoms with Crippen LogP contribution in [0.15, 0.2) is 36.4 Å². The molecule has 0 unspecified atom stereocenters. The lowest BCUT2D eigenvalue weighted by Crippen LogP contribution is -2.04. The first-order chi connectivity index (χ1) is 12.0. The van der Waals surface area contributed by atoms with E-state index in [2.05, 4.69) is 5.32 Å². The zero-order valence-electron chi connectivity index (χ0n) is 14.3. The van der Waals surface area contributed by atoms with Crippen LogP contribution in [0.4, 0.5) is 5.69 Å². The zero-order chi connectivity index (χ0) is 18.2. The summed E-state index contributed by atoms with van der Waals surface area (Å²) in [6.45, 7) is 5.64. The average molecular weight is 364 g/mol. The van der Waals surface area contributed by atoms with Crippen LogP contribution in [-0.2, 0) is 6.54 Å². The fraction of sp³-hybridized carbons (Fsp3) is 0.316. The molecule has 0 bridgehead atoms. The molecule has 2 aromatic rings. The first kappa shape index (κ1) is 18.9. The molecule has 0 amide bonds. The van der Waals surface area contributed by atoms with E-state index in [9.17, 15) is 4.79 Å². The monoisotopic (exact) mass is 363 g/mol. The van der Waals surface area contributed by atoms with Gasteiger partial charge in [0.2, 0.25) is 0 Å². The topological polar surface area (TPSA) is 67.8 Å². The summed E-state index contributed by atoms with van der Waals surface area (Å²) in [5, 5.41) is 12.7. The molecule has 0 fully saturated rings. The van der Waals surface area contributed by atoms with Crippen molar-refractivity contribution in [3.63, 3.8) is 0 Å². The average Bonchev–Trinajstić information content (AvgIpc) is 2.60. The molecule has 6 heteroatoms. The molecule has 2 N–H and O–H groups in total. The maximum atomic E-state index is 11.1. The van der Waals surface area contributed by atoms with E-state index in [0.717, 1.165) is 17.7 Å². The Kier molecular flexibility index (Phi) is 6.95. The Morgan fingerprint density at radius 3 is 2.60 bits per heavy atom. The lowest BCUT2D eigenvalue weighted by Gasteiger charge is -2.14. The molecule has 0 atom stereocenters. The van der Waals surface area contributed by atoms with Gasteiger partial charge in [-0.25, -0.2) is 4.79 Å². The van der Waals surface area contributed by atoms with Crippen LogP contribution in [-0.4, -0.2) is 24.3 Å². The van der Waals surface area contributed by atoms with Crippen LogP contribution in [0.3, 0.4) is 0 Å². The number of carboxylic acid groups (broad SMARTS) is 1. The molecule has 0 spiro atoms. The minimum absolute atomic E-state index is 0.185. The van der Waals surface area contributed by atoms with Crippen LogP contribution in [0, 0.1) is 0 Å². The van der Waals surface area contributed by atoms with Gasteiger partial charge in [0, 0.05) is 6.54 Å². The molecule has 5 nitrogen and oxygen atoms in total. The number of nitrogens with one attached hydrogen (secondary N) is 1. The molecular weight excluding hydrogens is 342 g/mol. The highest BCUT2D eigenvalue weighted by Gasteiger charge is 2.09. The van der Waals surface area contributed by atoms with Crippen molar-refractivity contribution in [2.75, 3.05) is 18.5 Å². The Hall–Kier alpha value is -2.40. The number of carboxylic acids is 1. The van der Waals surface area contributed by atoms with Gasteiger partial charge in [-0.3, -0.25) is 0 Å². The highest BCUT2D eigenvalue weighted by atomic mass is 35.5. The molecule has 0 aliphatic rings. The van der Waals surface area contributed by atoms with Crippen molar-refractivity contribution in [2.24, 2.45) is 0 Å². The summed E-state index contributed by atoms with van der Waals surface area (Å²) in [5.41, 5.74) is 1.74. The maximum Gasteiger partial charge on any atom is 0.335 e. The number of hydrogen-bond donors (Lipinski definition) is 2. The zero-order valence-corrected chi connectivity index (χ0v) is 15.1. The molecule has 2 rings (SSSR count). The summed E-state index contributed by atoms with van der Waals surface area (Å²) >= 11 is 6.13. The van der Waals surface area contributed by atoms with Crippen LogP contribution in [0.5, 0.6) is 11.5 Å². The normalized spacial score (nSPS) is 10.4. The van der Waals surface area contributed by atoms with Gasteiger partial charge >= 0.3 is 5.97 Å². The van der Waals surface area contributed by atoms with Gasteiger partial charge in [0.1, 0.15) is 0 Å². The number of carbonyl (C=O) groups is 1. The van der Waals surface area contributed by atoms with E-state index >= 15 is 0 Å². The molecular formula is C19H22ClNO4. The van der Waals surface area contributed by atoms with Crippen LogP contribution in [0.2, 0.25) is 5.02 Å².